The highest BCUT2D eigenvalue weighted by molar-refractivity contribution is 8.05. The summed E-state index contributed by atoms with van der Waals surface area (Å²) in [5, 5.41) is 2.71. The van der Waals surface area contributed by atoms with Gasteiger partial charge in [-0.05, 0) is 24.3 Å². The fourth-order valence-electron chi connectivity index (χ4n) is 3.65. The Morgan fingerprint density at radius 1 is 0.565 bits per heavy atom. The maximum Gasteiger partial charge on any atom is 0.0693 e. The van der Waals surface area contributed by atoms with E-state index in [1.807, 2.05) is 23.5 Å². The van der Waals surface area contributed by atoms with Gasteiger partial charge in [-0.2, -0.15) is 0 Å². The Bertz CT molecular complexity index is 1220. The third-order valence-corrected chi connectivity index (χ3v) is 7.23. The van der Waals surface area contributed by atoms with E-state index in [0.717, 1.165) is 0 Å². The first-order valence-corrected chi connectivity index (χ1v) is 9.27. The molecule has 23 heavy (non-hydrogen) atoms. The normalized spacial score (nSPS) is 13.7. The van der Waals surface area contributed by atoms with E-state index in [2.05, 4.69) is 71.1 Å². The van der Waals surface area contributed by atoms with E-state index in [1.165, 1.54) is 46.9 Å². The van der Waals surface area contributed by atoms with E-state index in [9.17, 15) is 0 Å². The van der Waals surface area contributed by atoms with Crippen LogP contribution in [0.5, 0.6) is 0 Å². The van der Waals surface area contributed by atoms with Crippen LogP contribution in [-0.4, -0.2) is 4.40 Å². The molecule has 0 aliphatic carbocycles. The van der Waals surface area contributed by atoms with Gasteiger partial charge in [0.25, 0.3) is 0 Å². The molecule has 0 saturated heterocycles. The number of hydrogen-bond donors (Lipinski definition) is 0. The van der Waals surface area contributed by atoms with Gasteiger partial charge in [0.2, 0.25) is 0 Å². The highest BCUT2D eigenvalue weighted by Crippen LogP contribution is 2.54. The molecule has 108 valence electrons. The lowest BCUT2D eigenvalue weighted by atomic mass is 10.1. The molecule has 1 aliphatic heterocycles. The molecule has 2 aromatic carbocycles. The molecule has 0 unspecified atom stereocenters. The third kappa shape index (κ3) is 1.47. The topological polar surface area (TPSA) is 4.41 Å². The average Bonchev–Trinajstić information content (AvgIpc) is 3.11. The van der Waals surface area contributed by atoms with Gasteiger partial charge >= 0.3 is 0 Å². The average molecular weight is 329 g/mol. The molecule has 0 atom stereocenters. The van der Waals surface area contributed by atoms with Crippen LogP contribution in [0.3, 0.4) is 0 Å². The van der Waals surface area contributed by atoms with E-state index in [4.69, 9.17) is 0 Å². The van der Waals surface area contributed by atoms with Gasteiger partial charge in [-0.3, -0.25) is 0 Å². The Balaban J connectivity index is 1.83. The highest BCUT2D eigenvalue weighted by atomic mass is 32.2. The van der Waals surface area contributed by atoms with Crippen LogP contribution in [0.4, 0.5) is 0 Å². The van der Waals surface area contributed by atoms with Crippen molar-refractivity contribution in [3.63, 3.8) is 0 Å². The van der Waals surface area contributed by atoms with Crippen LogP contribution in [0, 0.1) is 0 Å². The van der Waals surface area contributed by atoms with Gasteiger partial charge in [0, 0.05) is 20.6 Å². The van der Waals surface area contributed by atoms with Gasteiger partial charge < -0.3 is 4.40 Å². The zero-order valence-corrected chi connectivity index (χ0v) is 13.7. The Labute approximate surface area is 141 Å². The van der Waals surface area contributed by atoms with Gasteiger partial charge in [0.15, 0.2) is 0 Å². The minimum Gasteiger partial charge on any atom is -0.307 e. The van der Waals surface area contributed by atoms with Crippen LogP contribution >= 0.6 is 23.5 Å². The minimum absolute atomic E-state index is 1.31. The SMILES string of the molecule is c1ccc2c(c1)Sc1c(c3c4ccccc4c4cccc1n43)S2. The quantitative estimate of drug-likeness (QED) is 0.322. The molecular weight excluding hydrogens is 318 g/mol. The minimum atomic E-state index is 1.31. The van der Waals surface area contributed by atoms with Crippen molar-refractivity contribution in [3.8, 4) is 0 Å². The second kappa shape index (κ2) is 4.25. The molecule has 0 fully saturated rings. The van der Waals surface area contributed by atoms with E-state index in [0.29, 0.717) is 0 Å². The molecule has 3 aromatic heterocycles. The van der Waals surface area contributed by atoms with E-state index >= 15 is 0 Å². The molecule has 0 bridgehead atoms. The van der Waals surface area contributed by atoms with E-state index in [1.54, 1.807) is 0 Å². The smallest absolute Gasteiger partial charge is 0.0693 e. The monoisotopic (exact) mass is 329 g/mol. The van der Waals surface area contributed by atoms with E-state index < -0.39 is 0 Å². The Kier molecular flexibility index (Phi) is 2.28. The van der Waals surface area contributed by atoms with Crippen LogP contribution in [0.25, 0.3) is 27.3 Å². The van der Waals surface area contributed by atoms with Crippen molar-refractivity contribution >= 4 is 50.8 Å². The fraction of sp³-hybridized carbons (Fsp3) is 0. The van der Waals surface area contributed by atoms with Crippen molar-refractivity contribution in [2.75, 3.05) is 0 Å². The van der Waals surface area contributed by atoms with Crippen molar-refractivity contribution in [2.24, 2.45) is 0 Å². The summed E-state index contributed by atoms with van der Waals surface area (Å²) in [6.45, 7) is 0. The summed E-state index contributed by atoms with van der Waals surface area (Å²) >= 11 is 3.82. The summed E-state index contributed by atoms with van der Waals surface area (Å²) in [4.78, 5) is 5.54. The van der Waals surface area contributed by atoms with E-state index in [-0.39, 0.29) is 0 Å². The molecule has 0 amide bonds. The lowest BCUT2D eigenvalue weighted by Crippen LogP contribution is -1.86. The zero-order valence-electron chi connectivity index (χ0n) is 12.1. The predicted octanol–water partition coefficient (Wildman–Crippen LogP) is 6.30. The number of pyridine rings is 1. The van der Waals surface area contributed by atoms with Crippen LogP contribution < -0.4 is 0 Å². The molecule has 5 aromatic rings. The van der Waals surface area contributed by atoms with Gasteiger partial charge in [0.05, 0.1) is 26.3 Å². The summed E-state index contributed by atoms with van der Waals surface area (Å²) in [6, 6.07) is 24.1. The maximum atomic E-state index is 2.45. The number of fused-ring (bicyclic) bond motifs is 7. The van der Waals surface area contributed by atoms with Crippen LogP contribution in [-0.2, 0) is 0 Å². The second-order valence-corrected chi connectivity index (χ2v) is 7.94. The number of nitrogens with zero attached hydrogens (tertiary/aromatic N) is 1. The largest absolute Gasteiger partial charge is 0.307 e. The van der Waals surface area contributed by atoms with Gasteiger partial charge in [0.1, 0.15) is 0 Å². The Hall–Kier alpha value is -2.10. The molecule has 1 nitrogen and oxygen atoms in total. The van der Waals surface area contributed by atoms with Gasteiger partial charge in [-0.15, -0.1) is 0 Å². The van der Waals surface area contributed by atoms with Gasteiger partial charge in [-0.1, -0.05) is 66.0 Å². The first-order valence-electron chi connectivity index (χ1n) is 7.64. The zero-order chi connectivity index (χ0) is 15.0. The lowest BCUT2D eigenvalue weighted by Gasteiger charge is -2.15. The molecule has 3 heteroatoms. The molecule has 6 rings (SSSR count). The fourth-order valence-corrected chi connectivity index (χ4v) is 6.17. The first kappa shape index (κ1) is 12.3. The molecule has 4 heterocycles. The summed E-state index contributed by atoms with van der Waals surface area (Å²) in [5.41, 5.74) is 4.01. The van der Waals surface area contributed by atoms with Crippen LogP contribution in [0.15, 0.2) is 86.3 Å². The summed E-state index contributed by atoms with van der Waals surface area (Å²) < 4.78 is 2.45. The summed E-state index contributed by atoms with van der Waals surface area (Å²) in [6.07, 6.45) is 0. The Morgan fingerprint density at radius 2 is 1.22 bits per heavy atom. The lowest BCUT2D eigenvalue weighted by molar-refractivity contribution is 1.20. The number of aromatic nitrogens is 1. The number of hydrogen-bond acceptors (Lipinski definition) is 2. The molecule has 0 N–H and O–H groups in total. The third-order valence-electron chi connectivity index (χ3n) is 4.60. The van der Waals surface area contributed by atoms with Gasteiger partial charge in [-0.25, -0.2) is 0 Å². The van der Waals surface area contributed by atoms with Crippen LogP contribution in [0.2, 0.25) is 0 Å². The van der Waals surface area contributed by atoms with Crippen LogP contribution in [0.1, 0.15) is 0 Å². The van der Waals surface area contributed by atoms with Crippen molar-refractivity contribution in [3.05, 3.63) is 66.7 Å². The molecule has 0 radical (unpaired) electrons. The molecular formula is C20H11NS2. The van der Waals surface area contributed by atoms with Crippen molar-refractivity contribution in [1.29, 1.82) is 0 Å². The van der Waals surface area contributed by atoms with Crippen molar-refractivity contribution in [2.45, 2.75) is 19.6 Å². The number of benzene rings is 2. The first-order chi connectivity index (χ1) is 11.4. The maximum absolute atomic E-state index is 2.45. The number of rotatable bonds is 0. The summed E-state index contributed by atoms with van der Waals surface area (Å²) in [7, 11) is 0. The Morgan fingerprint density at radius 3 is 2.04 bits per heavy atom. The summed E-state index contributed by atoms with van der Waals surface area (Å²) in [5.74, 6) is 0. The van der Waals surface area contributed by atoms with Crippen molar-refractivity contribution in [1.82, 2.24) is 4.40 Å². The van der Waals surface area contributed by atoms with Crippen molar-refractivity contribution < 1.29 is 0 Å². The second-order valence-electron chi connectivity index (χ2n) is 5.83. The highest BCUT2D eigenvalue weighted by Gasteiger charge is 2.26. The molecule has 0 saturated carbocycles. The standard InChI is InChI=1S/C20H11NS2/c1-2-7-13-12(6-1)14-8-5-9-15-19-20(18(13)21(14)15)23-17-11-4-3-10-16(17)22-19/h1-11H. The molecule has 0 spiro atoms. The molecule has 1 aliphatic rings. The predicted molar refractivity (Wildman–Crippen MR) is 98.3 cm³/mol.